The number of benzene rings is 2. The maximum Gasteiger partial charge on any atom is 1.00 e. The number of aliphatic hydroxyl groups is 1. The number of carbonyl (C=O) groups is 1. The Balaban J connectivity index is 0.00000324. The molecule has 4 rings (SSSR count). The molecule has 1 radical (unpaired) electrons. The summed E-state index contributed by atoms with van der Waals surface area (Å²) in [6.07, 6.45) is 9.26. The van der Waals surface area contributed by atoms with E-state index >= 15 is 0 Å². The van der Waals surface area contributed by atoms with Gasteiger partial charge in [0, 0.05) is 12.7 Å². The molecular formula is C28H31O5Os. The van der Waals surface area contributed by atoms with Gasteiger partial charge in [-0.15, -0.1) is 0 Å². The summed E-state index contributed by atoms with van der Waals surface area (Å²) in [5.41, 5.74) is 2.58. The molecule has 5 nitrogen and oxygen atoms in total. The largest absolute Gasteiger partial charge is 1.00 e. The Morgan fingerprint density at radius 3 is 2.82 bits per heavy atom. The molecule has 6 heteroatoms. The van der Waals surface area contributed by atoms with Gasteiger partial charge in [-0.3, -0.25) is 0 Å². The number of carbonyl (C=O) groups excluding carboxylic acids is 1. The van der Waals surface area contributed by atoms with Crippen LogP contribution in [-0.2, 0) is 29.3 Å². The van der Waals surface area contributed by atoms with Gasteiger partial charge in [0.15, 0.2) is 0 Å². The van der Waals surface area contributed by atoms with Crippen molar-refractivity contribution >= 4 is 11.5 Å². The van der Waals surface area contributed by atoms with Crippen LogP contribution in [-0.4, -0.2) is 43.1 Å². The summed E-state index contributed by atoms with van der Waals surface area (Å²) < 4.78 is 17.0. The number of rotatable bonds is 8. The van der Waals surface area contributed by atoms with Crippen molar-refractivity contribution in [2.45, 2.75) is 32.0 Å². The van der Waals surface area contributed by atoms with Crippen molar-refractivity contribution < 1.29 is 43.9 Å². The second-order valence-electron chi connectivity index (χ2n) is 8.40. The van der Waals surface area contributed by atoms with E-state index in [2.05, 4.69) is 12.2 Å². The molecule has 4 atom stereocenters. The van der Waals surface area contributed by atoms with Crippen molar-refractivity contribution in [2.75, 3.05) is 19.8 Å². The average Bonchev–Trinajstić information content (AvgIpc) is 2.99. The van der Waals surface area contributed by atoms with E-state index in [0.29, 0.717) is 31.8 Å². The van der Waals surface area contributed by atoms with Crippen LogP contribution in [0, 0.1) is 18.3 Å². The molecule has 1 fully saturated rings. The van der Waals surface area contributed by atoms with E-state index in [0.717, 1.165) is 23.3 Å². The third-order valence-corrected chi connectivity index (χ3v) is 6.28. The third-order valence-electron chi connectivity index (χ3n) is 6.28. The van der Waals surface area contributed by atoms with Crippen LogP contribution in [0.25, 0.3) is 5.57 Å². The number of hydrogen-bond donors (Lipinski definition) is 1. The van der Waals surface area contributed by atoms with Gasteiger partial charge in [-0.2, -0.15) is 6.42 Å². The van der Waals surface area contributed by atoms with Crippen LogP contribution in [0.5, 0.6) is 5.75 Å². The Morgan fingerprint density at radius 1 is 1.21 bits per heavy atom. The van der Waals surface area contributed by atoms with E-state index in [9.17, 15) is 9.90 Å². The van der Waals surface area contributed by atoms with Crippen molar-refractivity contribution in [3.05, 3.63) is 90.4 Å². The summed E-state index contributed by atoms with van der Waals surface area (Å²) in [6, 6.07) is 17.2. The molecule has 1 N–H and O–H groups in total. The molecule has 0 unspecified atom stereocenters. The molecular weight excluding hydrogens is 607 g/mol. The second kappa shape index (κ2) is 12.9. The van der Waals surface area contributed by atoms with Gasteiger partial charge >= 0.3 is 25.8 Å². The summed E-state index contributed by atoms with van der Waals surface area (Å²) in [6.45, 7) is 3.10. The van der Waals surface area contributed by atoms with Gasteiger partial charge in [0.25, 0.3) is 0 Å². The maximum absolute atomic E-state index is 12.1. The Kier molecular flexibility index (Phi) is 9.95. The zero-order valence-electron chi connectivity index (χ0n) is 19.3. The standard InChI is InChI=1S/C28H31O5.Os/c1-2-31-28(30)21-10-8-9-20(17-21)22-14-15-25-24(26(29)18-27(25)33-19-22)13-6-7-16-32-23-11-4-3-5-12-23;/h3-14,17,24-27,29H,2,15-16,18-19H2,1H3;/q-1;+1/b13-6+;/t24-,25-,26-,27+;/m1./s1. The quantitative estimate of drug-likeness (QED) is 0.254. The van der Waals surface area contributed by atoms with E-state index < -0.39 is 6.10 Å². The predicted molar refractivity (Wildman–Crippen MR) is 128 cm³/mol. The van der Waals surface area contributed by atoms with Crippen molar-refractivity contribution in [2.24, 2.45) is 11.8 Å². The summed E-state index contributed by atoms with van der Waals surface area (Å²) in [5.74, 6) is 0.770. The number of para-hydroxylation sites is 1. The zero-order valence-corrected chi connectivity index (χ0v) is 21.8. The van der Waals surface area contributed by atoms with Crippen LogP contribution in [0.15, 0.2) is 72.8 Å². The molecule has 0 bridgehead atoms. The van der Waals surface area contributed by atoms with E-state index in [4.69, 9.17) is 14.2 Å². The van der Waals surface area contributed by atoms with Crippen LogP contribution in [0.3, 0.4) is 0 Å². The van der Waals surface area contributed by atoms with Crippen LogP contribution in [0.4, 0.5) is 0 Å². The summed E-state index contributed by atoms with van der Waals surface area (Å²) in [7, 11) is 0. The fraction of sp³-hybridized carbons (Fsp3) is 0.357. The average molecular weight is 638 g/mol. The topological polar surface area (TPSA) is 65.0 Å². The van der Waals surface area contributed by atoms with Crippen LogP contribution < -0.4 is 4.74 Å². The number of hydrogen-bond acceptors (Lipinski definition) is 5. The van der Waals surface area contributed by atoms with E-state index in [1.807, 2.05) is 61.0 Å². The predicted octanol–water partition coefficient (Wildman–Crippen LogP) is 4.87. The van der Waals surface area contributed by atoms with Crippen LogP contribution in [0.1, 0.15) is 35.7 Å². The van der Waals surface area contributed by atoms with E-state index in [1.54, 1.807) is 13.0 Å². The van der Waals surface area contributed by atoms with Gasteiger partial charge < -0.3 is 19.3 Å². The molecule has 2 aromatic rings. The first-order chi connectivity index (χ1) is 16.2. The third kappa shape index (κ3) is 6.60. The summed E-state index contributed by atoms with van der Waals surface area (Å²) >= 11 is 0. The first-order valence-corrected chi connectivity index (χ1v) is 11.6. The van der Waals surface area contributed by atoms with Crippen molar-refractivity contribution in [3.63, 3.8) is 0 Å². The molecule has 0 saturated heterocycles. The van der Waals surface area contributed by atoms with Gasteiger partial charge in [-0.25, -0.2) is 16.9 Å². The Labute approximate surface area is 214 Å². The van der Waals surface area contributed by atoms with Crippen LogP contribution >= 0.6 is 0 Å². The van der Waals surface area contributed by atoms with Crippen molar-refractivity contribution in [3.8, 4) is 5.75 Å². The molecule has 0 amide bonds. The minimum atomic E-state index is -0.415. The summed E-state index contributed by atoms with van der Waals surface area (Å²) in [5, 5.41) is 10.6. The Hall–Kier alpha value is -2.38. The Bertz CT molecular complexity index is 987. The fourth-order valence-electron chi connectivity index (χ4n) is 4.59. The zero-order chi connectivity index (χ0) is 23.0. The molecule has 0 aromatic heterocycles. The van der Waals surface area contributed by atoms with Gasteiger partial charge in [0.2, 0.25) is 0 Å². The molecule has 1 heterocycles. The molecule has 1 saturated carbocycles. The minimum Gasteiger partial charge on any atom is -0.507 e. The molecule has 181 valence electrons. The van der Waals surface area contributed by atoms with Gasteiger partial charge in [-0.05, 0) is 61.1 Å². The maximum atomic E-state index is 12.1. The molecule has 2 aliphatic rings. The number of allylic oxidation sites excluding steroid dienone is 1. The molecule has 2 aromatic carbocycles. The summed E-state index contributed by atoms with van der Waals surface area (Å²) in [4.78, 5) is 12.1. The molecule has 0 spiro atoms. The fourth-order valence-corrected chi connectivity index (χ4v) is 4.59. The van der Waals surface area contributed by atoms with E-state index in [1.165, 1.54) is 0 Å². The first-order valence-electron chi connectivity index (χ1n) is 11.6. The number of fused-ring (bicyclic) bond motifs is 1. The molecule has 1 aliphatic carbocycles. The number of ether oxygens (including phenoxy) is 3. The molecule has 34 heavy (non-hydrogen) atoms. The van der Waals surface area contributed by atoms with Gasteiger partial charge in [-0.1, -0.05) is 42.3 Å². The monoisotopic (exact) mass is 639 g/mol. The van der Waals surface area contributed by atoms with Crippen molar-refractivity contribution in [1.29, 1.82) is 0 Å². The SMILES string of the molecule is CCOC(=O)c1cccc(C2=CC[C@@H]3[C@@H](/C=C/[CH-]COc4ccccc4)[C@H](O)C[C@@H]3OC2)c1.[Os+]. The second-order valence-corrected chi connectivity index (χ2v) is 8.40. The normalized spacial score (nSPS) is 23.9. The molecule has 1 aliphatic heterocycles. The first kappa shape index (κ1) is 26.2. The Morgan fingerprint density at radius 2 is 2.03 bits per heavy atom. The number of aliphatic hydroxyl groups excluding tert-OH is 1. The van der Waals surface area contributed by atoms with Crippen LogP contribution in [0.2, 0.25) is 0 Å². The smallest absolute Gasteiger partial charge is 0.507 e. The van der Waals surface area contributed by atoms with Crippen molar-refractivity contribution in [1.82, 2.24) is 0 Å². The number of esters is 1. The van der Waals surface area contributed by atoms with E-state index in [-0.39, 0.29) is 43.7 Å². The van der Waals surface area contributed by atoms with Gasteiger partial charge in [0.05, 0.1) is 24.9 Å². The minimum absolute atomic E-state index is 0. The van der Waals surface area contributed by atoms with Gasteiger partial charge in [0.1, 0.15) is 5.75 Å².